The molecule has 0 aromatic heterocycles. The number of unbranched alkanes of at least 4 members (excludes halogenated alkanes) is 2. The molecule has 3 heteroatoms. The molecule has 1 aromatic carbocycles. The molecule has 0 atom stereocenters. The third-order valence-electron chi connectivity index (χ3n) is 3.81. The summed E-state index contributed by atoms with van der Waals surface area (Å²) in [6.45, 7) is 7.98. The molecule has 1 N–H and O–H groups in total. The predicted molar refractivity (Wildman–Crippen MR) is 90.0 cm³/mol. The second kappa shape index (κ2) is 10.3. The molecule has 0 spiro atoms. The number of phenols is 1. The van der Waals surface area contributed by atoms with Crippen LogP contribution in [0.5, 0.6) is 5.75 Å². The fourth-order valence-electron chi connectivity index (χ4n) is 2.52. The Morgan fingerprint density at radius 3 is 2.09 bits per heavy atom. The lowest BCUT2D eigenvalue weighted by atomic mass is 9.95. The molecule has 22 heavy (non-hydrogen) atoms. The van der Waals surface area contributed by atoms with Gasteiger partial charge in [-0.05, 0) is 55.7 Å². The SMILES string of the molecule is [CH2]COC(=O)CCc1cc(CCCC)c(O)c(CCCC)c1. The van der Waals surface area contributed by atoms with Gasteiger partial charge in [-0.1, -0.05) is 38.8 Å². The van der Waals surface area contributed by atoms with Crippen molar-refractivity contribution in [1.29, 1.82) is 0 Å². The Morgan fingerprint density at radius 1 is 1.09 bits per heavy atom. The summed E-state index contributed by atoms with van der Waals surface area (Å²) in [5, 5.41) is 10.4. The van der Waals surface area contributed by atoms with E-state index in [-0.39, 0.29) is 12.6 Å². The van der Waals surface area contributed by atoms with E-state index in [1.807, 2.05) is 12.1 Å². The second-order valence-corrected chi connectivity index (χ2v) is 5.69. The van der Waals surface area contributed by atoms with Crippen molar-refractivity contribution in [2.75, 3.05) is 6.61 Å². The smallest absolute Gasteiger partial charge is 0.306 e. The molecule has 0 aliphatic carbocycles. The first-order valence-electron chi connectivity index (χ1n) is 8.40. The van der Waals surface area contributed by atoms with Gasteiger partial charge in [0, 0.05) is 6.42 Å². The summed E-state index contributed by atoms with van der Waals surface area (Å²) in [6.07, 6.45) is 7.12. The molecule has 0 aliphatic rings. The van der Waals surface area contributed by atoms with Crippen LogP contribution in [0.1, 0.15) is 62.6 Å². The summed E-state index contributed by atoms with van der Waals surface area (Å²) in [4.78, 5) is 11.5. The van der Waals surface area contributed by atoms with Crippen molar-refractivity contribution in [3.63, 3.8) is 0 Å². The van der Waals surface area contributed by atoms with Crippen LogP contribution >= 0.6 is 0 Å². The largest absolute Gasteiger partial charge is 0.507 e. The molecule has 0 saturated carbocycles. The van der Waals surface area contributed by atoms with Crippen molar-refractivity contribution in [2.24, 2.45) is 0 Å². The maximum absolute atomic E-state index is 11.5. The highest BCUT2D eigenvalue weighted by Crippen LogP contribution is 2.28. The topological polar surface area (TPSA) is 46.5 Å². The number of carbonyl (C=O) groups is 1. The molecule has 1 radical (unpaired) electrons. The maximum Gasteiger partial charge on any atom is 0.306 e. The number of aryl methyl sites for hydroxylation is 3. The van der Waals surface area contributed by atoms with E-state index in [9.17, 15) is 9.90 Å². The summed E-state index contributed by atoms with van der Waals surface area (Å²) in [5.41, 5.74) is 3.13. The van der Waals surface area contributed by atoms with Crippen LogP contribution in [0.15, 0.2) is 12.1 Å². The number of carbonyl (C=O) groups excluding carboxylic acids is 1. The van der Waals surface area contributed by atoms with Gasteiger partial charge in [-0.2, -0.15) is 0 Å². The molecular weight excluding hydrogens is 276 g/mol. The number of phenolic OH excluding ortho intramolecular Hbond substituents is 1. The standard InChI is InChI=1S/C19H29O3/c1-4-7-9-16-13-15(11-12-18(20)22-6-3)14-17(19(16)21)10-8-5-2/h13-14,21H,3-12H2,1-2H3. The lowest BCUT2D eigenvalue weighted by Crippen LogP contribution is -2.06. The minimum atomic E-state index is -0.215. The van der Waals surface area contributed by atoms with Crippen molar-refractivity contribution >= 4 is 5.97 Å². The lowest BCUT2D eigenvalue weighted by Gasteiger charge is -2.13. The zero-order valence-electron chi connectivity index (χ0n) is 14.0. The van der Waals surface area contributed by atoms with Gasteiger partial charge >= 0.3 is 5.97 Å². The third kappa shape index (κ3) is 6.08. The van der Waals surface area contributed by atoms with Crippen LogP contribution in [0.4, 0.5) is 0 Å². The molecule has 0 bridgehead atoms. The van der Waals surface area contributed by atoms with E-state index in [0.717, 1.165) is 55.2 Å². The predicted octanol–water partition coefficient (Wildman–Crippen LogP) is 4.39. The molecule has 1 rings (SSSR count). The van der Waals surface area contributed by atoms with Crippen LogP contribution in [0, 0.1) is 6.92 Å². The average Bonchev–Trinajstić information content (AvgIpc) is 2.51. The van der Waals surface area contributed by atoms with E-state index in [1.165, 1.54) is 0 Å². The van der Waals surface area contributed by atoms with Gasteiger partial charge in [0.05, 0.1) is 6.61 Å². The highest BCUT2D eigenvalue weighted by Gasteiger charge is 2.11. The first kappa shape index (κ1) is 18.5. The quantitative estimate of drug-likeness (QED) is 0.652. The highest BCUT2D eigenvalue weighted by atomic mass is 16.5. The summed E-state index contributed by atoms with van der Waals surface area (Å²) >= 11 is 0. The van der Waals surface area contributed by atoms with E-state index in [0.29, 0.717) is 18.6 Å². The number of hydrogen-bond donors (Lipinski definition) is 1. The Hall–Kier alpha value is -1.51. The average molecular weight is 305 g/mol. The Kier molecular flexibility index (Phi) is 8.64. The second-order valence-electron chi connectivity index (χ2n) is 5.69. The number of ether oxygens (including phenoxy) is 1. The van der Waals surface area contributed by atoms with Crippen LogP contribution in [-0.2, 0) is 28.8 Å². The van der Waals surface area contributed by atoms with E-state index >= 15 is 0 Å². The van der Waals surface area contributed by atoms with Crippen molar-refractivity contribution in [3.8, 4) is 5.75 Å². The first-order valence-corrected chi connectivity index (χ1v) is 8.40. The van der Waals surface area contributed by atoms with E-state index < -0.39 is 0 Å². The molecule has 1 aromatic rings. The van der Waals surface area contributed by atoms with E-state index in [1.54, 1.807) is 0 Å². The number of benzene rings is 1. The molecule has 0 amide bonds. The van der Waals surface area contributed by atoms with Gasteiger partial charge in [0.25, 0.3) is 0 Å². The van der Waals surface area contributed by atoms with E-state index in [2.05, 4.69) is 20.8 Å². The Bertz CT molecular complexity index is 437. The van der Waals surface area contributed by atoms with Crippen LogP contribution in [0.2, 0.25) is 0 Å². The van der Waals surface area contributed by atoms with Gasteiger partial charge in [0.1, 0.15) is 5.75 Å². The summed E-state index contributed by atoms with van der Waals surface area (Å²) in [7, 11) is 0. The van der Waals surface area contributed by atoms with Crippen LogP contribution in [0.25, 0.3) is 0 Å². The molecule has 123 valence electrons. The van der Waals surface area contributed by atoms with Gasteiger partial charge in [0.15, 0.2) is 0 Å². The number of esters is 1. The van der Waals surface area contributed by atoms with Crippen molar-refractivity contribution in [1.82, 2.24) is 0 Å². The van der Waals surface area contributed by atoms with Gasteiger partial charge in [-0.25, -0.2) is 0 Å². The van der Waals surface area contributed by atoms with Gasteiger partial charge in [0.2, 0.25) is 0 Å². The van der Waals surface area contributed by atoms with Crippen molar-refractivity contribution in [3.05, 3.63) is 35.7 Å². The Morgan fingerprint density at radius 2 is 1.64 bits per heavy atom. The highest BCUT2D eigenvalue weighted by molar-refractivity contribution is 5.69. The normalized spacial score (nSPS) is 10.7. The fraction of sp³-hybridized carbons (Fsp3) is 0.579. The summed E-state index contributed by atoms with van der Waals surface area (Å²) in [6, 6.07) is 4.08. The number of hydrogen-bond acceptors (Lipinski definition) is 3. The minimum absolute atomic E-state index is 0.178. The van der Waals surface area contributed by atoms with Crippen LogP contribution < -0.4 is 0 Å². The fourth-order valence-corrected chi connectivity index (χ4v) is 2.52. The monoisotopic (exact) mass is 305 g/mol. The van der Waals surface area contributed by atoms with Crippen LogP contribution in [0.3, 0.4) is 0 Å². The van der Waals surface area contributed by atoms with Crippen LogP contribution in [-0.4, -0.2) is 17.7 Å². The molecular formula is C19H29O3. The number of aromatic hydroxyl groups is 1. The number of rotatable bonds is 10. The Labute approximate surface area is 134 Å². The molecule has 0 unspecified atom stereocenters. The zero-order valence-corrected chi connectivity index (χ0v) is 14.0. The first-order chi connectivity index (χ1) is 10.6. The van der Waals surface area contributed by atoms with Crippen molar-refractivity contribution < 1.29 is 14.6 Å². The minimum Gasteiger partial charge on any atom is -0.507 e. The molecule has 0 heterocycles. The van der Waals surface area contributed by atoms with Gasteiger partial charge in [-0.15, -0.1) is 0 Å². The third-order valence-corrected chi connectivity index (χ3v) is 3.81. The van der Waals surface area contributed by atoms with Gasteiger partial charge in [-0.3, -0.25) is 4.79 Å². The maximum atomic E-state index is 11.5. The molecule has 0 fully saturated rings. The summed E-state index contributed by atoms with van der Waals surface area (Å²) in [5.74, 6) is 0.235. The molecule has 3 nitrogen and oxygen atoms in total. The van der Waals surface area contributed by atoms with Crippen molar-refractivity contribution in [2.45, 2.75) is 65.2 Å². The van der Waals surface area contributed by atoms with Gasteiger partial charge < -0.3 is 9.84 Å². The lowest BCUT2D eigenvalue weighted by molar-refractivity contribution is -0.142. The molecule has 0 saturated heterocycles. The summed E-state index contributed by atoms with van der Waals surface area (Å²) < 4.78 is 4.88. The Balaban J connectivity index is 2.87. The van der Waals surface area contributed by atoms with E-state index in [4.69, 9.17) is 4.74 Å². The molecule has 0 aliphatic heterocycles. The zero-order chi connectivity index (χ0) is 16.4.